The average molecular weight is 385 g/mol. The molecule has 0 amide bonds. The molecule has 2 aromatic carbocycles. The lowest BCUT2D eigenvalue weighted by atomic mass is 10.1. The molecular formula is C20H23N3O3S. The Labute approximate surface area is 160 Å². The number of aliphatic hydroxyl groups is 1. The summed E-state index contributed by atoms with van der Waals surface area (Å²) in [5, 5.41) is 9.06. The van der Waals surface area contributed by atoms with Crippen molar-refractivity contribution in [1.82, 2.24) is 9.21 Å². The molecule has 0 unspecified atom stereocenters. The van der Waals surface area contributed by atoms with Crippen LogP contribution in [0, 0.1) is 6.57 Å². The molecule has 1 fully saturated rings. The van der Waals surface area contributed by atoms with E-state index in [0.717, 1.165) is 17.5 Å². The van der Waals surface area contributed by atoms with Crippen molar-refractivity contribution in [3.05, 3.63) is 59.9 Å². The topological polar surface area (TPSA) is 65.2 Å². The van der Waals surface area contributed by atoms with Gasteiger partial charge in [-0.1, -0.05) is 36.4 Å². The second kappa shape index (κ2) is 8.19. The van der Waals surface area contributed by atoms with Crippen molar-refractivity contribution in [2.45, 2.75) is 17.4 Å². The van der Waals surface area contributed by atoms with Gasteiger partial charge in [-0.15, -0.1) is 0 Å². The van der Waals surface area contributed by atoms with Crippen LogP contribution < -0.4 is 0 Å². The molecular weight excluding hydrogens is 362 g/mol. The molecule has 1 saturated heterocycles. The molecule has 1 atom stereocenters. The van der Waals surface area contributed by atoms with E-state index < -0.39 is 10.0 Å². The normalized spacial score (nSPS) is 17.9. The van der Waals surface area contributed by atoms with Gasteiger partial charge in [-0.05, 0) is 36.7 Å². The monoisotopic (exact) mass is 385 g/mol. The van der Waals surface area contributed by atoms with Crippen LogP contribution in [0.15, 0.2) is 53.4 Å². The quantitative estimate of drug-likeness (QED) is 0.777. The molecule has 0 spiro atoms. The highest BCUT2D eigenvalue weighted by Crippen LogP contribution is 2.27. The van der Waals surface area contributed by atoms with Crippen molar-refractivity contribution in [1.29, 1.82) is 0 Å². The minimum atomic E-state index is -3.53. The molecule has 0 radical (unpaired) electrons. The zero-order valence-corrected chi connectivity index (χ0v) is 16.1. The lowest BCUT2D eigenvalue weighted by Gasteiger charge is -2.23. The summed E-state index contributed by atoms with van der Waals surface area (Å²) < 4.78 is 27.4. The second-order valence-corrected chi connectivity index (χ2v) is 8.63. The number of hydrogen-bond acceptors (Lipinski definition) is 4. The van der Waals surface area contributed by atoms with Gasteiger partial charge < -0.3 is 5.11 Å². The van der Waals surface area contributed by atoms with Crippen LogP contribution in [0.25, 0.3) is 16.0 Å². The molecule has 1 aliphatic rings. The van der Waals surface area contributed by atoms with Crippen LogP contribution in [0.1, 0.15) is 6.42 Å². The summed E-state index contributed by atoms with van der Waals surface area (Å²) in [6.45, 7) is 8.54. The van der Waals surface area contributed by atoms with Gasteiger partial charge >= 0.3 is 0 Å². The van der Waals surface area contributed by atoms with Crippen LogP contribution in [0.5, 0.6) is 0 Å². The molecule has 1 heterocycles. The Balaban J connectivity index is 1.75. The molecule has 0 bridgehead atoms. The van der Waals surface area contributed by atoms with Gasteiger partial charge in [-0.2, -0.15) is 4.31 Å². The van der Waals surface area contributed by atoms with Gasteiger partial charge in [-0.25, -0.2) is 13.3 Å². The van der Waals surface area contributed by atoms with E-state index in [-0.39, 0.29) is 17.5 Å². The van der Waals surface area contributed by atoms with E-state index in [1.807, 2.05) is 24.1 Å². The minimum Gasteiger partial charge on any atom is -0.395 e. The zero-order valence-electron chi connectivity index (χ0n) is 15.2. The molecule has 2 aromatic rings. The number of hydrogen-bond donors (Lipinski definition) is 1. The van der Waals surface area contributed by atoms with Crippen LogP contribution in [-0.2, 0) is 10.0 Å². The predicted molar refractivity (Wildman–Crippen MR) is 105 cm³/mol. The van der Waals surface area contributed by atoms with E-state index >= 15 is 0 Å². The molecule has 142 valence electrons. The Morgan fingerprint density at radius 2 is 1.74 bits per heavy atom. The van der Waals surface area contributed by atoms with Gasteiger partial charge in [0.1, 0.15) is 0 Å². The molecule has 3 rings (SSSR count). The van der Waals surface area contributed by atoms with Gasteiger partial charge in [0, 0.05) is 25.7 Å². The number of aliphatic hydroxyl groups excluding tert-OH is 1. The first-order valence-electron chi connectivity index (χ1n) is 8.85. The lowest BCUT2D eigenvalue weighted by Crippen LogP contribution is -2.37. The molecule has 27 heavy (non-hydrogen) atoms. The first-order chi connectivity index (χ1) is 13.0. The maximum atomic E-state index is 12.9. The fourth-order valence-electron chi connectivity index (χ4n) is 3.33. The van der Waals surface area contributed by atoms with Crippen LogP contribution in [0.4, 0.5) is 5.69 Å². The molecule has 0 aromatic heterocycles. The fourth-order valence-corrected chi connectivity index (χ4v) is 4.82. The van der Waals surface area contributed by atoms with Crippen LogP contribution in [-0.4, -0.2) is 62.1 Å². The smallest absolute Gasteiger partial charge is 0.243 e. The third kappa shape index (κ3) is 4.20. The molecule has 0 saturated carbocycles. The SMILES string of the molecule is [C-]#[N+]c1ccc(-c2ccc(S(=O)(=O)N3CC[C@@H](N(C)CCO)C3)cc2)cc1. The summed E-state index contributed by atoms with van der Waals surface area (Å²) in [4.78, 5) is 5.67. The highest BCUT2D eigenvalue weighted by atomic mass is 32.2. The predicted octanol–water partition coefficient (Wildman–Crippen LogP) is 2.59. The van der Waals surface area contributed by atoms with Gasteiger partial charge in [0.15, 0.2) is 5.69 Å². The van der Waals surface area contributed by atoms with Gasteiger partial charge in [-0.3, -0.25) is 4.90 Å². The molecule has 0 aliphatic carbocycles. The van der Waals surface area contributed by atoms with Crippen molar-refractivity contribution < 1.29 is 13.5 Å². The van der Waals surface area contributed by atoms with Gasteiger partial charge in [0.2, 0.25) is 10.0 Å². The maximum absolute atomic E-state index is 12.9. The molecule has 1 N–H and O–H groups in total. The Kier molecular flexibility index (Phi) is 5.92. The number of benzene rings is 2. The van der Waals surface area contributed by atoms with Crippen molar-refractivity contribution in [3.8, 4) is 11.1 Å². The summed E-state index contributed by atoms with van der Waals surface area (Å²) in [6.07, 6.45) is 0.765. The number of nitrogens with zero attached hydrogens (tertiary/aromatic N) is 3. The average Bonchev–Trinajstić information content (AvgIpc) is 3.20. The van der Waals surface area contributed by atoms with Gasteiger partial charge in [0.25, 0.3) is 0 Å². The highest BCUT2D eigenvalue weighted by molar-refractivity contribution is 7.89. The van der Waals surface area contributed by atoms with Crippen LogP contribution >= 0.6 is 0 Å². The largest absolute Gasteiger partial charge is 0.395 e. The first-order valence-corrected chi connectivity index (χ1v) is 10.3. The maximum Gasteiger partial charge on any atom is 0.243 e. The zero-order chi connectivity index (χ0) is 19.4. The summed E-state index contributed by atoms with van der Waals surface area (Å²) in [7, 11) is -1.62. The Hall–Kier alpha value is -2.24. The standard InChI is InChI=1S/C20H23N3O3S/c1-21-18-7-3-16(4-8-18)17-5-9-20(10-6-17)27(25,26)23-12-11-19(15-23)22(2)13-14-24/h3-10,19,24H,11-15H2,2H3/t19-/m1/s1. The number of rotatable bonds is 6. The Bertz CT molecular complexity index is 918. The third-order valence-corrected chi connectivity index (χ3v) is 6.90. The van der Waals surface area contributed by atoms with Crippen LogP contribution in [0.2, 0.25) is 0 Å². The summed E-state index contributed by atoms with van der Waals surface area (Å²) in [5.74, 6) is 0. The van der Waals surface area contributed by atoms with E-state index in [1.54, 1.807) is 36.4 Å². The van der Waals surface area contributed by atoms with Crippen molar-refractivity contribution >= 4 is 15.7 Å². The van der Waals surface area contributed by atoms with E-state index in [4.69, 9.17) is 11.7 Å². The number of sulfonamides is 1. The van der Waals surface area contributed by atoms with Crippen molar-refractivity contribution in [2.24, 2.45) is 0 Å². The molecule has 7 heteroatoms. The number of likely N-dealkylation sites (N-methyl/N-ethyl adjacent to an activating group) is 1. The first kappa shape index (κ1) is 19.5. The Morgan fingerprint density at radius 1 is 1.15 bits per heavy atom. The Morgan fingerprint density at radius 3 is 2.30 bits per heavy atom. The van der Waals surface area contributed by atoms with E-state index in [1.165, 1.54) is 4.31 Å². The third-order valence-electron chi connectivity index (χ3n) is 5.02. The summed E-state index contributed by atoms with van der Waals surface area (Å²) in [5.41, 5.74) is 2.43. The molecule has 6 nitrogen and oxygen atoms in total. The van der Waals surface area contributed by atoms with Crippen molar-refractivity contribution in [3.63, 3.8) is 0 Å². The minimum absolute atomic E-state index is 0.0675. The second-order valence-electron chi connectivity index (χ2n) is 6.69. The summed E-state index contributed by atoms with van der Waals surface area (Å²) in [6, 6.07) is 14.2. The van der Waals surface area contributed by atoms with Gasteiger partial charge in [0.05, 0.1) is 18.1 Å². The highest BCUT2D eigenvalue weighted by Gasteiger charge is 2.34. The summed E-state index contributed by atoms with van der Waals surface area (Å²) >= 11 is 0. The van der Waals surface area contributed by atoms with E-state index in [9.17, 15) is 8.42 Å². The van der Waals surface area contributed by atoms with Crippen LogP contribution in [0.3, 0.4) is 0 Å². The van der Waals surface area contributed by atoms with Crippen molar-refractivity contribution in [2.75, 3.05) is 33.3 Å². The lowest BCUT2D eigenvalue weighted by molar-refractivity contribution is 0.184. The molecule has 1 aliphatic heterocycles. The van der Waals surface area contributed by atoms with E-state index in [2.05, 4.69) is 4.85 Å². The fraction of sp³-hybridized carbons (Fsp3) is 0.350. The van der Waals surface area contributed by atoms with E-state index in [0.29, 0.717) is 25.3 Å².